The van der Waals surface area contributed by atoms with Crippen molar-refractivity contribution in [2.24, 2.45) is 0 Å². The Morgan fingerprint density at radius 1 is 1.67 bits per heavy atom. The van der Waals surface area contributed by atoms with Crippen LogP contribution in [-0.2, 0) is 16.0 Å². The highest BCUT2D eigenvalue weighted by atomic mass is 32.2. The lowest BCUT2D eigenvalue weighted by Gasteiger charge is -2.47. The first-order chi connectivity index (χ1) is 10.1. The van der Waals surface area contributed by atoms with Crippen LogP contribution >= 0.6 is 23.3 Å². The number of allylic oxidation sites excluding steroid dienone is 1. The number of carbonyl (C=O) groups is 2. The fourth-order valence-electron chi connectivity index (χ4n) is 2.15. The summed E-state index contributed by atoms with van der Waals surface area (Å²) in [7, 11) is 0. The minimum absolute atomic E-state index is 0.0304. The number of anilines is 1. The molecule has 1 aromatic rings. The van der Waals surface area contributed by atoms with E-state index in [1.54, 1.807) is 28.9 Å². The molecule has 110 valence electrons. The van der Waals surface area contributed by atoms with E-state index in [9.17, 15) is 9.59 Å². The maximum absolute atomic E-state index is 12.0. The van der Waals surface area contributed by atoms with Crippen LogP contribution in [0.1, 0.15) is 5.82 Å². The number of hydrogen-bond acceptors (Lipinski definition) is 7. The highest BCUT2D eigenvalue weighted by molar-refractivity contribution is 8.00. The molecule has 0 spiro atoms. The van der Waals surface area contributed by atoms with Crippen molar-refractivity contribution in [2.75, 3.05) is 11.5 Å². The molecule has 0 bridgehead atoms. The second kappa shape index (κ2) is 5.49. The summed E-state index contributed by atoms with van der Waals surface area (Å²) in [5.41, 5.74) is 6.47. The monoisotopic (exact) mass is 323 g/mol. The Kier molecular flexibility index (Phi) is 3.68. The van der Waals surface area contributed by atoms with E-state index in [4.69, 9.17) is 5.73 Å². The summed E-state index contributed by atoms with van der Waals surface area (Å²) in [5, 5.41) is 3.02. The van der Waals surface area contributed by atoms with Gasteiger partial charge in [-0.1, -0.05) is 12.7 Å². The van der Waals surface area contributed by atoms with Gasteiger partial charge in [-0.2, -0.15) is 4.37 Å². The number of fused-ring (bicyclic) bond motifs is 1. The maximum Gasteiger partial charge on any atom is 0.253 e. The van der Waals surface area contributed by atoms with E-state index < -0.39 is 6.04 Å². The van der Waals surface area contributed by atoms with Gasteiger partial charge in [0.1, 0.15) is 11.4 Å². The molecule has 9 heteroatoms. The van der Waals surface area contributed by atoms with Gasteiger partial charge in [0.05, 0.1) is 6.42 Å². The maximum atomic E-state index is 12.0. The van der Waals surface area contributed by atoms with Crippen molar-refractivity contribution in [2.45, 2.75) is 17.8 Å². The van der Waals surface area contributed by atoms with Gasteiger partial charge in [-0.25, -0.2) is 4.98 Å². The molecule has 2 atom stereocenters. The summed E-state index contributed by atoms with van der Waals surface area (Å²) in [5.74, 6) is 0.786. The molecular weight excluding hydrogens is 310 g/mol. The molecule has 3 N–H and O–H groups in total. The first-order valence-corrected chi connectivity index (χ1v) is 8.05. The molecular formula is C12H13N5O2S2. The minimum atomic E-state index is -0.485. The van der Waals surface area contributed by atoms with Gasteiger partial charge in [-0.3, -0.25) is 9.59 Å². The zero-order chi connectivity index (χ0) is 15.0. The van der Waals surface area contributed by atoms with Crippen LogP contribution in [0.4, 0.5) is 5.13 Å². The van der Waals surface area contributed by atoms with Crippen molar-refractivity contribution in [3.63, 3.8) is 0 Å². The number of amides is 2. The molecule has 1 aromatic heterocycles. The zero-order valence-electron chi connectivity index (χ0n) is 11.0. The predicted octanol–water partition coefficient (Wildman–Crippen LogP) is 0.133. The first-order valence-electron chi connectivity index (χ1n) is 6.23. The van der Waals surface area contributed by atoms with Crippen LogP contribution in [-0.4, -0.2) is 43.2 Å². The summed E-state index contributed by atoms with van der Waals surface area (Å²) >= 11 is 2.66. The normalized spacial score (nSPS) is 23.9. The van der Waals surface area contributed by atoms with Gasteiger partial charge >= 0.3 is 0 Å². The molecule has 2 aliphatic heterocycles. The van der Waals surface area contributed by atoms with Crippen molar-refractivity contribution in [1.29, 1.82) is 0 Å². The number of carbonyl (C=O) groups excluding carboxylic acids is 2. The van der Waals surface area contributed by atoms with Crippen molar-refractivity contribution >= 4 is 40.2 Å². The number of hydrogen-bond donors (Lipinski definition) is 2. The standard InChI is InChI=1S/C12H13N5O2S2/c1-2-6-4-17-10(19)9(11(17)20-5-6)15-8(18)3-7-14-12(13)21-16-7/h2,4,9,11H,1,3,5H2,(H,15,18)(H2,13,14,16)/t9?,11-/m0/s1. The van der Waals surface area contributed by atoms with E-state index >= 15 is 0 Å². The number of β-lactam (4-membered cyclic amide) rings is 1. The van der Waals surface area contributed by atoms with E-state index in [1.807, 2.05) is 0 Å². The molecule has 2 amide bonds. The van der Waals surface area contributed by atoms with Crippen LogP contribution in [0.3, 0.4) is 0 Å². The molecule has 0 aromatic carbocycles. The smallest absolute Gasteiger partial charge is 0.253 e. The fourth-order valence-corrected chi connectivity index (χ4v) is 3.86. The lowest BCUT2D eigenvalue weighted by Crippen LogP contribution is -2.68. The van der Waals surface area contributed by atoms with E-state index in [0.717, 1.165) is 22.9 Å². The number of nitrogens with one attached hydrogen (secondary N) is 1. The Labute approximate surface area is 129 Å². The van der Waals surface area contributed by atoms with Crippen molar-refractivity contribution in [3.8, 4) is 0 Å². The second-order valence-corrected chi connectivity index (χ2v) is 6.51. The third-order valence-electron chi connectivity index (χ3n) is 3.19. The third kappa shape index (κ3) is 2.66. The van der Waals surface area contributed by atoms with Gasteiger partial charge in [0.2, 0.25) is 5.91 Å². The van der Waals surface area contributed by atoms with Crippen LogP contribution in [0, 0.1) is 0 Å². The van der Waals surface area contributed by atoms with Gasteiger partial charge in [0.25, 0.3) is 5.91 Å². The average molecular weight is 323 g/mol. The lowest BCUT2D eigenvalue weighted by atomic mass is 10.1. The van der Waals surface area contributed by atoms with Crippen molar-refractivity contribution in [1.82, 2.24) is 19.6 Å². The zero-order valence-corrected chi connectivity index (χ0v) is 12.6. The lowest BCUT2D eigenvalue weighted by molar-refractivity contribution is -0.144. The van der Waals surface area contributed by atoms with E-state index in [1.165, 1.54) is 0 Å². The van der Waals surface area contributed by atoms with Crippen molar-refractivity contribution < 1.29 is 9.59 Å². The van der Waals surface area contributed by atoms with E-state index in [-0.39, 0.29) is 23.6 Å². The molecule has 3 heterocycles. The molecule has 1 unspecified atom stereocenters. The molecule has 21 heavy (non-hydrogen) atoms. The Hall–Kier alpha value is -1.87. The number of aromatic nitrogens is 2. The van der Waals surface area contributed by atoms with Crippen LogP contribution in [0.2, 0.25) is 0 Å². The number of rotatable bonds is 4. The van der Waals surface area contributed by atoms with Crippen molar-refractivity contribution in [3.05, 3.63) is 30.3 Å². The Morgan fingerprint density at radius 3 is 3.14 bits per heavy atom. The summed E-state index contributed by atoms with van der Waals surface area (Å²) in [6.07, 6.45) is 3.56. The molecule has 0 saturated carbocycles. The molecule has 0 aliphatic carbocycles. The van der Waals surface area contributed by atoms with Gasteiger partial charge in [0.15, 0.2) is 11.0 Å². The third-order valence-corrected chi connectivity index (χ3v) is 5.11. The molecule has 7 nitrogen and oxygen atoms in total. The topological polar surface area (TPSA) is 101 Å². The van der Waals surface area contributed by atoms with E-state index in [2.05, 4.69) is 21.3 Å². The van der Waals surface area contributed by atoms with E-state index in [0.29, 0.717) is 11.0 Å². The second-order valence-electron chi connectivity index (χ2n) is 4.63. The fraction of sp³-hybridized carbons (Fsp3) is 0.333. The van der Waals surface area contributed by atoms with Gasteiger partial charge < -0.3 is 16.0 Å². The summed E-state index contributed by atoms with van der Waals surface area (Å²) < 4.78 is 3.95. The predicted molar refractivity (Wildman–Crippen MR) is 81.3 cm³/mol. The van der Waals surface area contributed by atoms with Crippen LogP contribution in [0.15, 0.2) is 24.4 Å². The number of nitrogen functional groups attached to an aromatic ring is 1. The quantitative estimate of drug-likeness (QED) is 0.764. The van der Waals surface area contributed by atoms with Crippen LogP contribution < -0.4 is 11.1 Å². The van der Waals surface area contributed by atoms with Crippen LogP contribution in [0.25, 0.3) is 0 Å². The molecule has 1 saturated heterocycles. The number of thioether (sulfide) groups is 1. The summed E-state index contributed by atoms with van der Waals surface area (Å²) in [6, 6.07) is -0.485. The van der Waals surface area contributed by atoms with Gasteiger partial charge in [-0.15, -0.1) is 11.8 Å². The number of nitrogens with two attached hydrogens (primary N) is 1. The first kappa shape index (κ1) is 14.1. The SMILES string of the molecule is C=CC1=CN2C(=O)C(NC(=O)Cc3nsc(N)n3)[C@@H]2SC1. The molecule has 3 rings (SSSR count). The largest absolute Gasteiger partial charge is 0.374 e. The Balaban J connectivity index is 1.59. The minimum Gasteiger partial charge on any atom is -0.374 e. The summed E-state index contributed by atoms with van der Waals surface area (Å²) in [4.78, 5) is 29.5. The molecule has 2 aliphatic rings. The highest BCUT2D eigenvalue weighted by Gasteiger charge is 2.49. The van der Waals surface area contributed by atoms with Gasteiger partial charge in [-0.05, 0) is 5.57 Å². The average Bonchev–Trinajstić information content (AvgIpc) is 2.89. The Morgan fingerprint density at radius 2 is 2.48 bits per heavy atom. The van der Waals surface area contributed by atoms with Gasteiger partial charge in [0, 0.05) is 23.5 Å². The highest BCUT2D eigenvalue weighted by Crippen LogP contribution is 2.36. The Bertz CT molecular complexity index is 641. The molecule has 1 fully saturated rings. The number of nitrogens with zero attached hydrogens (tertiary/aromatic N) is 3. The molecule has 0 radical (unpaired) electrons. The summed E-state index contributed by atoms with van der Waals surface area (Å²) in [6.45, 7) is 3.70. The van der Waals surface area contributed by atoms with Crippen LogP contribution in [0.5, 0.6) is 0 Å².